The Balaban J connectivity index is 2.22. The zero-order valence-corrected chi connectivity index (χ0v) is 10.9. The lowest BCUT2D eigenvalue weighted by atomic mass is 9.84. The lowest BCUT2D eigenvalue weighted by molar-refractivity contribution is -0.151. The Bertz CT molecular complexity index is 472. The molecule has 0 aliphatic carbocycles. The lowest BCUT2D eigenvalue weighted by Crippen LogP contribution is -2.38. The number of hydrogen-bond acceptors (Lipinski definition) is 3. The summed E-state index contributed by atoms with van der Waals surface area (Å²) in [5.74, 6) is -0.569. The molecule has 1 unspecified atom stereocenters. The maximum Gasteiger partial charge on any atom is 0.313 e. The van der Waals surface area contributed by atoms with Crippen LogP contribution in [-0.2, 0) is 9.53 Å². The van der Waals surface area contributed by atoms with Gasteiger partial charge < -0.3 is 9.47 Å². The van der Waals surface area contributed by atoms with Gasteiger partial charge in [0.05, 0.1) is 5.92 Å². The fourth-order valence-corrected chi connectivity index (χ4v) is 2.26. The van der Waals surface area contributed by atoms with E-state index in [2.05, 4.69) is 4.74 Å². The molecule has 1 heterocycles. The van der Waals surface area contributed by atoms with Crippen LogP contribution < -0.4 is 4.74 Å². The third-order valence-electron chi connectivity index (χ3n) is 3.01. The molecule has 0 bridgehead atoms. The maximum atomic E-state index is 12.1. The van der Waals surface area contributed by atoms with Crippen LogP contribution >= 0.6 is 0 Å². The van der Waals surface area contributed by atoms with E-state index in [0.29, 0.717) is 17.7 Å². The summed E-state index contributed by atoms with van der Waals surface area (Å²) in [5, 5.41) is 0. The van der Waals surface area contributed by atoms with Crippen molar-refractivity contribution in [2.45, 2.75) is 38.2 Å². The highest BCUT2D eigenvalue weighted by Crippen LogP contribution is 2.41. The Hall–Kier alpha value is -1.65. The van der Waals surface area contributed by atoms with E-state index in [4.69, 9.17) is 4.74 Å². The van der Waals surface area contributed by atoms with Crippen molar-refractivity contribution in [3.8, 4) is 5.75 Å². The molecule has 0 aromatic heterocycles. The van der Waals surface area contributed by atoms with Crippen LogP contribution in [-0.4, -0.2) is 24.6 Å². The van der Waals surface area contributed by atoms with E-state index >= 15 is 0 Å². The molecule has 0 spiro atoms. The number of benzene rings is 1. The normalized spacial score (nSPS) is 20.6. The predicted octanol–water partition coefficient (Wildman–Crippen LogP) is 3.14. The van der Waals surface area contributed by atoms with Crippen LogP contribution in [0.5, 0.6) is 5.75 Å². The van der Waals surface area contributed by atoms with E-state index in [9.17, 15) is 13.6 Å². The van der Waals surface area contributed by atoms with Gasteiger partial charge in [0.2, 0.25) is 0 Å². The fourth-order valence-electron chi connectivity index (χ4n) is 2.26. The molecule has 0 N–H and O–H groups in total. The summed E-state index contributed by atoms with van der Waals surface area (Å²) in [6.45, 7) is 2.85. The second-order valence-electron chi connectivity index (χ2n) is 5.18. The van der Waals surface area contributed by atoms with Crippen LogP contribution in [0.1, 0.15) is 31.7 Å². The number of rotatable bonds is 3. The van der Waals surface area contributed by atoms with Crippen LogP contribution in [0.3, 0.4) is 0 Å². The highest BCUT2D eigenvalue weighted by molar-refractivity contribution is 5.79. The van der Waals surface area contributed by atoms with Gasteiger partial charge in [0.15, 0.2) is 6.61 Å². The largest absolute Gasteiger partial charge is 0.488 e. The lowest BCUT2D eigenvalue weighted by Gasteiger charge is -2.36. The molecule has 104 valence electrons. The molecule has 1 atom stereocenters. The van der Waals surface area contributed by atoms with E-state index in [1.54, 1.807) is 18.2 Å². The van der Waals surface area contributed by atoms with Gasteiger partial charge in [0.25, 0.3) is 6.43 Å². The summed E-state index contributed by atoms with van der Waals surface area (Å²) < 4.78 is 34.6. The van der Waals surface area contributed by atoms with Gasteiger partial charge in [-0.1, -0.05) is 18.2 Å². The van der Waals surface area contributed by atoms with Crippen molar-refractivity contribution in [1.29, 1.82) is 0 Å². The minimum atomic E-state index is -2.65. The van der Waals surface area contributed by atoms with Crippen LogP contribution in [0.25, 0.3) is 0 Å². The summed E-state index contributed by atoms with van der Waals surface area (Å²) in [6.07, 6.45) is -2.24. The second-order valence-corrected chi connectivity index (χ2v) is 5.18. The molecule has 0 fully saturated rings. The van der Waals surface area contributed by atoms with Gasteiger partial charge in [-0.25, -0.2) is 8.78 Å². The average molecular weight is 270 g/mol. The first-order valence-electron chi connectivity index (χ1n) is 6.12. The van der Waals surface area contributed by atoms with Gasteiger partial charge in [-0.05, 0) is 19.9 Å². The highest BCUT2D eigenvalue weighted by atomic mass is 19.3. The van der Waals surface area contributed by atoms with Crippen molar-refractivity contribution in [1.82, 2.24) is 0 Å². The number of alkyl halides is 2. The molecule has 2 rings (SSSR count). The molecule has 0 amide bonds. The number of fused-ring (bicyclic) bond motifs is 1. The molecular weight excluding hydrogens is 254 g/mol. The predicted molar refractivity (Wildman–Crippen MR) is 65.5 cm³/mol. The SMILES string of the molecule is CC1(C)CC(C(=O)OCC(F)F)c2ccccc2O1. The highest BCUT2D eigenvalue weighted by Gasteiger charge is 2.38. The van der Waals surface area contributed by atoms with Crippen LogP contribution in [0.2, 0.25) is 0 Å². The first kappa shape index (κ1) is 13.8. The third-order valence-corrected chi connectivity index (χ3v) is 3.01. The maximum absolute atomic E-state index is 12.1. The Kier molecular flexibility index (Phi) is 3.73. The first-order chi connectivity index (χ1) is 8.89. The van der Waals surface area contributed by atoms with E-state index < -0.39 is 30.5 Å². The summed E-state index contributed by atoms with van der Waals surface area (Å²) >= 11 is 0. The summed E-state index contributed by atoms with van der Waals surface area (Å²) in [4.78, 5) is 11.9. The van der Waals surface area contributed by atoms with Gasteiger partial charge in [-0.2, -0.15) is 0 Å². The van der Waals surface area contributed by atoms with Crippen molar-refractivity contribution in [3.05, 3.63) is 29.8 Å². The summed E-state index contributed by atoms with van der Waals surface area (Å²) in [7, 11) is 0. The van der Waals surface area contributed by atoms with Crippen molar-refractivity contribution in [2.75, 3.05) is 6.61 Å². The van der Waals surface area contributed by atoms with Gasteiger partial charge in [-0.3, -0.25) is 4.79 Å². The zero-order valence-electron chi connectivity index (χ0n) is 10.9. The van der Waals surface area contributed by atoms with Gasteiger partial charge in [-0.15, -0.1) is 0 Å². The number of hydrogen-bond donors (Lipinski definition) is 0. The smallest absolute Gasteiger partial charge is 0.313 e. The number of carbonyl (C=O) groups is 1. The third kappa shape index (κ3) is 3.22. The van der Waals surface area contributed by atoms with Crippen LogP contribution in [0, 0.1) is 0 Å². The van der Waals surface area contributed by atoms with Gasteiger partial charge >= 0.3 is 5.97 Å². The second kappa shape index (κ2) is 5.15. The Labute approximate surface area is 110 Å². The van der Waals surface area contributed by atoms with E-state index in [0.717, 1.165) is 0 Å². The standard InChI is InChI=1S/C14H16F2O3/c1-14(2)7-10(13(17)18-8-12(15)16)9-5-3-4-6-11(9)19-14/h3-6,10,12H,7-8H2,1-2H3. The molecule has 1 aliphatic rings. The zero-order chi connectivity index (χ0) is 14.0. The Morgan fingerprint density at radius 2 is 2.16 bits per heavy atom. The van der Waals surface area contributed by atoms with E-state index in [-0.39, 0.29) is 0 Å². The monoisotopic (exact) mass is 270 g/mol. The Morgan fingerprint density at radius 1 is 1.47 bits per heavy atom. The number of para-hydroxylation sites is 1. The molecule has 3 nitrogen and oxygen atoms in total. The van der Waals surface area contributed by atoms with Crippen molar-refractivity contribution in [2.24, 2.45) is 0 Å². The molecule has 0 saturated carbocycles. The topological polar surface area (TPSA) is 35.5 Å². The molecule has 0 saturated heterocycles. The van der Waals surface area contributed by atoms with Crippen LogP contribution in [0.15, 0.2) is 24.3 Å². The number of esters is 1. The average Bonchev–Trinajstić information content (AvgIpc) is 2.33. The Morgan fingerprint density at radius 3 is 2.84 bits per heavy atom. The van der Waals surface area contributed by atoms with Crippen molar-refractivity contribution in [3.63, 3.8) is 0 Å². The minimum absolute atomic E-state index is 0.409. The van der Waals surface area contributed by atoms with Gasteiger partial charge in [0.1, 0.15) is 11.4 Å². The van der Waals surface area contributed by atoms with Crippen molar-refractivity contribution < 1.29 is 23.0 Å². The quantitative estimate of drug-likeness (QED) is 0.791. The van der Waals surface area contributed by atoms with Crippen LogP contribution in [0.4, 0.5) is 8.78 Å². The number of halogens is 2. The molecule has 1 aromatic carbocycles. The minimum Gasteiger partial charge on any atom is -0.488 e. The van der Waals surface area contributed by atoms with E-state index in [1.165, 1.54) is 0 Å². The molecule has 5 heteroatoms. The molecule has 0 radical (unpaired) electrons. The molecule has 1 aliphatic heterocycles. The first-order valence-corrected chi connectivity index (χ1v) is 6.12. The number of carbonyl (C=O) groups excluding carboxylic acids is 1. The summed E-state index contributed by atoms with van der Waals surface area (Å²) in [5.41, 5.74) is 0.171. The number of ether oxygens (including phenoxy) is 2. The molecule has 19 heavy (non-hydrogen) atoms. The summed E-state index contributed by atoms with van der Waals surface area (Å²) in [6, 6.07) is 7.12. The van der Waals surface area contributed by atoms with Crippen molar-refractivity contribution >= 4 is 5.97 Å². The fraction of sp³-hybridized carbons (Fsp3) is 0.500. The van der Waals surface area contributed by atoms with Gasteiger partial charge in [0, 0.05) is 12.0 Å². The van der Waals surface area contributed by atoms with E-state index in [1.807, 2.05) is 19.9 Å². The molecular formula is C14H16F2O3. The molecule has 1 aromatic rings.